The summed E-state index contributed by atoms with van der Waals surface area (Å²) < 4.78 is 26.1. The highest BCUT2D eigenvalue weighted by Crippen LogP contribution is 2.24. The molecule has 2 aromatic rings. The summed E-state index contributed by atoms with van der Waals surface area (Å²) in [5.74, 6) is -1.12. The molecular formula is C13H11FN2O3S. The fourth-order valence-corrected chi connectivity index (χ4v) is 2.95. The van der Waals surface area contributed by atoms with E-state index in [1.165, 1.54) is 12.1 Å². The second kappa shape index (κ2) is 5.79. The van der Waals surface area contributed by atoms with Crippen molar-refractivity contribution in [1.82, 2.24) is 0 Å². The van der Waals surface area contributed by atoms with E-state index in [1.54, 1.807) is 24.3 Å². The Kier molecular flexibility index (Phi) is 4.09. The first-order valence-corrected chi connectivity index (χ1v) is 6.97. The predicted molar refractivity (Wildman–Crippen MR) is 74.0 cm³/mol. The Bertz CT molecular complexity index is 691. The van der Waals surface area contributed by atoms with Crippen LogP contribution in [0.1, 0.15) is 5.56 Å². The number of hydrogen-bond donors (Lipinski definition) is 1. The van der Waals surface area contributed by atoms with Gasteiger partial charge in [-0.2, -0.15) is 4.39 Å². The maximum absolute atomic E-state index is 13.9. The Morgan fingerprint density at radius 3 is 2.55 bits per heavy atom. The number of para-hydroxylation sites is 1. The molecular weight excluding hydrogens is 283 g/mol. The Balaban J connectivity index is 2.32. The quantitative estimate of drug-likeness (QED) is 0.533. The number of nitrogens with two attached hydrogens (primary N) is 1. The molecule has 20 heavy (non-hydrogen) atoms. The minimum atomic E-state index is -1.57. The van der Waals surface area contributed by atoms with E-state index in [0.29, 0.717) is 10.6 Å². The topological polar surface area (TPSA) is 86.2 Å². The first-order chi connectivity index (χ1) is 9.50. The van der Waals surface area contributed by atoms with Crippen molar-refractivity contribution in [1.29, 1.82) is 0 Å². The van der Waals surface area contributed by atoms with Crippen molar-refractivity contribution in [3.05, 3.63) is 64.0 Å². The van der Waals surface area contributed by atoms with E-state index < -0.39 is 27.2 Å². The Labute approximate surface area is 116 Å². The molecule has 2 rings (SSSR count). The molecule has 1 atom stereocenters. The molecule has 0 spiro atoms. The number of halogens is 1. The van der Waals surface area contributed by atoms with Gasteiger partial charge in [0.05, 0.1) is 26.4 Å². The van der Waals surface area contributed by atoms with Crippen LogP contribution in [0.2, 0.25) is 0 Å². The number of rotatable bonds is 4. The fraction of sp³-hybridized carbons (Fsp3) is 0.0769. The number of hydrogen-bond acceptors (Lipinski definition) is 4. The zero-order valence-electron chi connectivity index (χ0n) is 10.3. The van der Waals surface area contributed by atoms with Crippen molar-refractivity contribution in [2.24, 2.45) is 0 Å². The van der Waals surface area contributed by atoms with Crippen LogP contribution in [-0.2, 0) is 16.6 Å². The van der Waals surface area contributed by atoms with Crippen LogP contribution in [-0.4, -0.2) is 9.13 Å². The summed E-state index contributed by atoms with van der Waals surface area (Å²) >= 11 is 0. The molecule has 0 aliphatic heterocycles. The molecule has 0 aromatic heterocycles. The van der Waals surface area contributed by atoms with Gasteiger partial charge in [-0.25, -0.2) is 0 Å². The first-order valence-electron chi connectivity index (χ1n) is 5.65. The van der Waals surface area contributed by atoms with Crippen molar-refractivity contribution in [3.63, 3.8) is 0 Å². The van der Waals surface area contributed by atoms with E-state index >= 15 is 0 Å². The molecule has 1 unspecified atom stereocenters. The molecule has 0 bridgehead atoms. The molecule has 0 heterocycles. The maximum Gasteiger partial charge on any atom is 0.305 e. The lowest BCUT2D eigenvalue weighted by molar-refractivity contribution is -0.387. The van der Waals surface area contributed by atoms with Gasteiger partial charge in [-0.05, 0) is 12.1 Å². The summed E-state index contributed by atoms with van der Waals surface area (Å²) in [4.78, 5) is 10.2. The largest absolute Gasteiger partial charge is 0.398 e. The number of nitro groups is 1. The van der Waals surface area contributed by atoms with Crippen LogP contribution < -0.4 is 5.73 Å². The van der Waals surface area contributed by atoms with Crippen LogP contribution in [0.5, 0.6) is 0 Å². The first kappa shape index (κ1) is 14.1. The molecule has 0 amide bonds. The molecule has 2 N–H and O–H groups in total. The Morgan fingerprint density at radius 2 is 1.90 bits per heavy atom. The highest BCUT2D eigenvalue weighted by Gasteiger charge is 2.19. The van der Waals surface area contributed by atoms with Crippen LogP contribution in [0, 0.1) is 15.9 Å². The summed E-state index contributed by atoms with van der Waals surface area (Å²) in [6.07, 6.45) is 0. The molecule has 0 aliphatic rings. The third kappa shape index (κ3) is 2.83. The van der Waals surface area contributed by atoms with Crippen LogP contribution in [0.3, 0.4) is 0 Å². The Hall–Kier alpha value is -2.28. The third-order valence-electron chi connectivity index (χ3n) is 2.71. The summed E-state index contributed by atoms with van der Waals surface area (Å²) in [5, 5.41) is 10.7. The van der Waals surface area contributed by atoms with E-state index in [2.05, 4.69) is 0 Å². The van der Waals surface area contributed by atoms with E-state index in [0.717, 1.165) is 6.07 Å². The van der Waals surface area contributed by atoms with Gasteiger partial charge in [-0.1, -0.05) is 24.3 Å². The van der Waals surface area contributed by atoms with Gasteiger partial charge in [0.1, 0.15) is 0 Å². The van der Waals surface area contributed by atoms with Gasteiger partial charge in [0.2, 0.25) is 5.82 Å². The lowest BCUT2D eigenvalue weighted by Gasteiger charge is -2.06. The fourth-order valence-electron chi connectivity index (χ4n) is 1.73. The SMILES string of the molecule is Nc1ccccc1S(=O)Cc1cccc([N+](=O)[O-])c1F. The lowest BCUT2D eigenvalue weighted by Crippen LogP contribution is -2.04. The molecule has 5 nitrogen and oxygen atoms in total. The molecule has 0 saturated heterocycles. The number of nitrogen functional groups attached to an aromatic ring is 1. The van der Waals surface area contributed by atoms with E-state index in [1.807, 2.05) is 0 Å². The van der Waals surface area contributed by atoms with Crippen molar-refractivity contribution < 1.29 is 13.5 Å². The second-order valence-corrected chi connectivity index (χ2v) is 5.45. The summed E-state index contributed by atoms with van der Waals surface area (Å²) in [6, 6.07) is 10.4. The molecule has 0 saturated carbocycles. The molecule has 0 radical (unpaired) electrons. The standard InChI is InChI=1S/C13H11FN2O3S/c14-13-9(4-3-6-11(13)16(17)18)8-20(19)12-7-2-1-5-10(12)15/h1-7H,8,15H2. The third-order valence-corrected chi connectivity index (χ3v) is 4.14. The summed E-state index contributed by atoms with van der Waals surface area (Å²) in [5.41, 5.74) is 5.44. The second-order valence-electron chi connectivity index (χ2n) is 4.04. The summed E-state index contributed by atoms with van der Waals surface area (Å²) in [6.45, 7) is 0. The molecule has 2 aromatic carbocycles. The van der Waals surface area contributed by atoms with Gasteiger partial charge >= 0.3 is 5.69 Å². The number of nitrogens with zero attached hydrogens (tertiary/aromatic N) is 1. The van der Waals surface area contributed by atoms with Gasteiger partial charge < -0.3 is 5.73 Å². The van der Waals surface area contributed by atoms with E-state index in [-0.39, 0.29) is 11.3 Å². The average molecular weight is 294 g/mol. The minimum absolute atomic E-state index is 0.0285. The zero-order chi connectivity index (χ0) is 14.7. The Morgan fingerprint density at radius 1 is 1.20 bits per heavy atom. The number of benzene rings is 2. The lowest BCUT2D eigenvalue weighted by atomic mass is 10.2. The number of anilines is 1. The van der Waals surface area contributed by atoms with Crippen molar-refractivity contribution >= 4 is 22.2 Å². The highest BCUT2D eigenvalue weighted by molar-refractivity contribution is 7.84. The zero-order valence-corrected chi connectivity index (χ0v) is 11.1. The van der Waals surface area contributed by atoms with Crippen molar-refractivity contribution in [2.75, 3.05) is 5.73 Å². The number of nitro benzene ring substituents is 1. The maximum atomic E-state index is 13.9. The van der Waals surface area contributed by atoms with Crippen LogP contribution >= 0.6 is 0 Å². The van der Waals surface area contributed by atoms with E-state index in [9.17, 15) is 18.7 Å². The van der Waals surface area contributed by atoms with Gasteiger partial charge in [0.15, 0.2) is 0 Å². The van der Waals surface area contributed by atoms with Crippen LogP contribution in [0.4, 0.5) is 15.8 Å². The average Bonchev–Trinajstić information content (AvgIpc) is 2.41. The van der Waals surface area contributed by atoms with Crippen LogP contribution in [0.15, 0.2) is 47.4 Å². The molecule has 104 valence electrons. The van der Waals surface area contributed by atoms with Crippen LogP contribution in [0.25, 0.3) is 0 Å². The van der Waals surface area contributed by atoms with Gasteiger partial charge in [-0.3, -0.25) is 14.3 Å². The monoisotopic (exact) mass is 294 g/mol. The molecule has 0 aliphatic carbocycles. The normalized spacial score (nSPS) is 12.1. The van der Waals surface area contributed by atoms with E-state index in [4.69, 9.17) is 5.73 Å². The van der Waals surface area contributed by atoms with Crippen molar-refractivity contribution in [3.8, 4) is 0 Å². The predicted octanol–water partition coefficient (Wildman–Crippen LogP) is 2.62. The van der Waals surface area contributed by atoms with Gasteiger partial charge in [0.25, 0.3) is 0 Å². The highest BCUT2D eigenvalue weighted by atomic mass is 32.2. The minimum Gasteiger partial charge on any atom is -0.398 e. The summed E-state index contributed by atoms with van der Waals surface area (Å²) in [7, 11) is -1.57. The van der Waals surface area contributed by atoms with Gasteiger partial charge in [0, 0.05) is 17.3 Å². The molecule has 7 heteroatoms. The van der Waals surface area contributed by atoms with Crippen molar-refractivity contribution in [2.45, 2.75) is 10.6 Å². The molecule has 0 fully saturated rings. The van der Waals surface area contributed by atoms with Gasteiger partial charge in [-0.15, -0.1) is 0 Å². The smallest absolute Gasteiger partial charge is 0.305 e.